The third kappa shape index (κ3) is 2.58. The average Bonchev–Trinajstić information content (AvgIpc) is 2.97. The van der Waals surface area contributed by atoms with Gasteiger partial charge in [-0.15, -0.1) is 11.6 Å². The third-order valence-electron chi connectivity index (χ3n) is 2.77. The van der Waals surface area contributed by atoms with Gasteiger partial charge in [0.2, 0.25) is 0 Å². The molecule has 1 atom stereocenters. The summed E-state index contributed by atoms with van der Waals surface area (Å²) in [4.78, 5) is 24.2. The molecule has 2 rings (SSSR count). The predicted octanol–water partition coefficient (Wildman–Crippen LogP) is 2.36. The van der Waals surface area contributed by atoms with Crippen molar-refractivity contribution in [3.05, 3.63) is 27.1 Å². The largest absolute Gasteiger partial charge is 0.338 e. The monoisotopic (exact) mass is 274 g/mol. The van der Waals surface area contributed by atoms with Crippen LogP contribution in [0.25, 0.3) is 0 Å². The van der Waals surface area contributed by atoms with Crippen LogP contribution in [0, 0.1) is 16.0 Å². The Hall–Kier alpha value is -1.14. The molecule has 0 aliphatic carbocycles. The van der Waals surface area contributed by atoms with Crippen molar-refractivity contribution in [2.45, 2.75) is 6.42 Å². The predicted molar refractivity (Wildman–Crippen MR) is 65.7 cm³/mol. The lowest BCUT2D eigenvalue weighted by atomic mass is 10.2. The van der Waals surface area contributed by atoms with Gasteiger partial charge in [0.05, 0.1) is 9.80 Å². The van der Waals surface area contributed by atoms with Gasteiger partial charge in [0, 0.05) is 25.0 Å². The van der Waals surface area contributed by atoms with Crippen LogP contribution in [0.5, 0.6) is 0 Å². The highest BCUT2D eigenvalue weighted by Gasteiger charge is 2.28. The van der Waals surface area contributed by atoms with Gasteiger partial charge in [0.15, 0.2) is 0 Å². The number of hydrogen-bond acceptors (Lipinski definition) is 4. The van der Waals surface area contributed by atoms with E-state index in [1.807, 2.05) is 0 Å². The van der Waals surface area contributed by atoms with Crippen molar-refractivity contribution in [1.29, 1.82) is 0 Å². The fourth-order valence-corrected chi connectivity index (χ4v) is 2.88. The van der Waals surface area contributed by atoms with Gasteiger partial charge in [0.1, 0.15) is 0 Å². The van der Waals surface area contributed by atoms with E-state index in [0.717, 1.165) is 17.8 Å². The minimum atomic E-state index is -0.479. The lowest BCUT2D eigenvalue weighted by Gasteiger charge is -2.14. The fraction of sp³-hybridized carbons (Fsp3) is 0.500. The van der Waals surface area contributed by atoms with Gasteiger partial charge in [-0.05, 0) is 18.4 Å². The summed E-state index contributed by atoms with van der Waals surface area (Å²) < 4.78 is 0. The van der Waals surface area contributed by atoms with Crippen molar-refractivity contribution in [3.63, 3.8) is 0 Å². The summed E-state index contributed by atoms with van der Waals surface area (Å²) >= 11 is 6.67. The number of nitrogens with zero attached hydrogens (tertiary/aromatic N) is 2. The minimum absolute atomic E-state index is 0.00133. The van der Waals surface area contributed by atoms with E-state index in [9.17, 15) is 14.9 Å². The van der Waals surface area contributed by atoms with Crippen LogP contribution in [-0.2, 0) is 0 Å². The molecule has 0 saturated carbocycles. The molecular formula is C10H11ClN2O3S. The van der Waals surface area contributed by atoms with Crippen LogP contribution in [0.2, 0.25) is 0 Å². The number of amides is 1. The molecule has 92 valence electrons. The zero-order chi connectivity index (χ0) is 12.4. The Morgan fingerprint density at radius 1 is 1.65 bits per heavy atom. The first-order valence-electron chi connectivity index (χ1n) is 5.21. The van der Waals surface area contributed by atoms with Crippen LogP contribution in [0.4, 0.5) is 5.00 Å². The van der Waals surface area contributed by atoms with Crippen molar-refractivity contribution >= 4 is 33.8 Å². The molecule has 1 aliphatic rings. The minimum Gasteiger partial charge on any atom is -0.338 e. The highest BCUT2D eigenvalue weighted by molar-refractivity contribution is 7.17. The second-order valence-electron chi connectivity index (χ2n) is 3.96. The van der Waals surface area contributed by atoms with Crippen molar-refractivity contribution < 1.29 is 9.72 Å². The number of thiophene rings is 1. The molecular weight excluding hydrogens is 264 g/mol. The summed E-state index contributed by atoms with van der Waals surface area (Å²) in [5.74, 6) is 0.764. The lowest BCUT2D eigenvalue weighted by molar-refractivity contribution is -0.380. The molecule has 1 saturated heterocycles. The van der Waals surface area contributed by atoms with Gasteiger partial charge < -0.3 is 4.90 Å². The van der Waals surface area contributed by atoms with Crippen LogP contribution in [0.1, 0.15) is 16.1 Å². The van der Waals surface area contributed by atoms with Gasteiger partial charge in [-0.2, -0.15) is 0 Å². The van der Waals surface area contributed by atoms with E-state index in [1.165, 1.54) is 12.1 Å². The molecule has 0 radical (unpaired) electrons. The zero-order valence-corrected chi connectivity index (χ0v) is 10.5. The van der Waals surface area contributed by atoms with E-state index in [4.69, 9.17) is 11.6 Å². The standard InChI is InChI=1S/C10H11ClN2O3S/c11-5-7-3-4-12(6-7)10(14)8-1-2-9(17-8)13(15)16/h1-2,7H,3-6H2. The fourth-order valence-electron chi connectivity index (χ4n) is 1.84. The maximum Gasteiger partial charge on any atom is 0.324 e. The molecule has 1 aliphatic heterocycles. The first kappa shape index (κ1) is 12.3. The summed E-state index contributed by atoms with van der Waals surface area (Å²) in [6.45, 7) is 1.33. The SMILES string of the molecule is O=C(c1ccc([N+](=O)[O-])s1)N1CCC(CCl)C1. The molecule has 0 spiro atoms. The normalized spacial score (nSPS) is 19.6. The molecule has 17 heavy (non-hydrogen) atoms. The Morgan fingerprint density at radius 3 is 2.94 bits per heavy atom. The third-order valence-corrected chi connectivity index (χ3v) is 4.24. The van der Waals surface area contributed by atoms with Crippen LogP contribution in [0.3, 0.4) is 0 Å². The number of alkyl halides is 1. The maximum atomic E-state index is 12.0. The highest BCUT2D eigenvalue weighted by Crippen LogP contribution is 2.27. The lowest BCUT2D eigenvalue weighted by Crippen LogP contribution is -2.28. The molecule has 0 bridgehead atoms. The topological polar surface area (TPSA) is 63.4 Å². The first-order valence-corrected chi connectivity index (χ1v) is 6.56. The Bertz CT molecular complexity index is 449. The Kier molecular flexibility index (Phi) is 3.63. The van der Waals surface area contributed by atoms with E-state index in [-0.39, 0.29) is 10.9 Å². The Balaban J connectivity index is 2.07. The second-order valence-corrected chi connectivity index (χ2v) is 5.33. The van der Waals surface area contributed by atoms with Crippen LogP contribution >= 0.6 is 22.9 Å². The Morgan fingerprint density at radius 2 is 2.41 bits per heavy atom. The summed E-state index contributed by atoms with van der Waals surface area (Å²) in [6, 6.07) is 2.88. The smallest absolute Gasteiger partial charge is 0.324 e. The highest BCUT2D eigenvalue weighted by atomic mass is 35.5. The van der Waals surface area contributed by atoms with E-state index >= 15 is 0 Å². The zero-order valence-electron chi connectivity index (χ0n) is 8.97. The van der Waals surface area contributed by atoms with Crippen LogP contribution in [-0.4, -0.2) is 34.7 Å². The van der Waals surface area contributed by atoms with Crippen molar-refractivity contribution in [1.82, 2.24) is 4.90 Å². The molecule has 2 heterocycles. The number of halogens is 1. The van der Waals surface area contributed by atoms with Crippen molar-refractivity contribution in [2.24, 2.45) is 5.92 Å². The summed E-state index contributed by atoms with van der Waals surface area (Å²) in [5.41, 5.74) is 0. The molecule has 7 heteroatoms. The van der Waals surface area contributed by atoms with Gasteiger partial charge in [0.25, 0.3) is 5.91 Å². The molecule has 1 unspecified atom stereocenters. The molecule has 1 aromatic rings. The molecule has 1 amide bonds. The number of hydrogen-bond donors (Lipinski definition) is 0. The summed E-state index contributed by atoms with van der Waals surface area (Å²) in [7, 11) is 0. The average molecular weight is 275 g/mol. The quantitative estimate of drug-likeness (QED) is 0.483. The van der Waals surface area contributed by atoms with E-state index < -0.39 is 4.92 Å². The first-order chi connectivity index (χ1) is 8.11. The summed E-state index contributed by atoms with van der Waals surface area (Å²) in [5, 5.41) is 10.5. The molecule has 1 aromatic heterocycles. The number of likely N-dealkylation sites (tertiary alicyclic amines) is 1. The van der Waals surface area contributed by atoms with E-state index in [0.29, 0.717) is 29.8 Å². The number of carbonyl (C=O) groups is 1. The molecule has 0 aromatic carbocycles. The number of nitro groups is 1. The molecule has 0 N–H and O–H groups in total. The van der Waals surface area contributed by atoms with E-state index in [2.05, 4.69) is 0 Å². The second kappa shape index (κ2) is 5.01. The number of carbonyl (C=O) groups excluding carboxylic acids is 1. The van der Waals surface area contributed by atoms with Crippen molar-refractivity contribution in [3.8, 4) is 0 Å². The van der Waals surface area contributed by atoms with Gasteiger partial charge in [-0.25, -0.2) is 0 Å². The molecule has 5 nitrogen and oxygen atoms in total. The summed E-state index contributed by atoms with van der Waals surface area (Å²) in [6.07, 6.45) is 0.905. The van der Waals surface area contributed by atoms with Crippen LogP contribution in [0.15, 0.2) is 12.1 Å². The van der Waals surface area contributed by atoms with E-state index in [1.54, 1.807) is 4.90 Å². The number of rotatable bonds is 3. The van der Waals surface area contributed by atoms with Crippen molar-refractivity contribution in [2.75, 3.05) is 19.0 Å². The molecule has 1 fully saturated rings. The van der Waals surface area contributed by atoms with Gasteiger partial charge >= 0.3 is 5.00 Å². The van der Waals surface area contributed by atoms with Gasteiger partial charge in [-0.1, -0.05) is 11.3 Å². The van der Waals surface area contributed by atoms with Crippen LogP contribution < -0.4 is 0 Å². The maximum absolute atomic E-state index is 12.0. The Labute approximate surface area is 107 Å². The van der Waals surface area contributed by atoms with Gasteiger partial charge in [-0.3, -0.25) is 14.9 Å².